The van der Waals surface area contributed by atoms with Gasteiger partial charge in [0.15, 0.2) is 0 Å². The van der Waals surface area contributed by atoms with E-state index in [2.05, 4.69) is 0 Å². The van der Waals surface area contributed by atoms with E-state index >= 15 is 0 Å². The highest BCUT2D eigenvalue weighted by Gasteiger charge is 2.31. The van der Waals surface area contributed by atoms with Crippen molar-refractivity contribution in [2.24, 2.45) is 0 Å². The van der Waals surface area contributed by atoms with Crippen LogP contribution >= 0.6 is 0 Å². The Morgan fingerprint density at radius 1 is 1.28 bits per heavy atom. The molecule has 5 heteroatoms. The summed E-state index contributed by atoms with van der Waals surface area (Å²) in [6.45, 7) is 0.683. The van der Waals surface area contributed by atoms with Gasteiger partial charge in [-0.2, -0.15) is 13.2 Å². The molecule has 100 valence electrons. The maximum absolute atomic E-state index is 12.6. The first kappa shape index (κ1) is 13.2. The van der Waals surface area contributed by atoms with Crippen molar-refractivity contribution in [3.05, 3.63) is 29.8 Å². The number of aliphatic hydroxyl groups excluding tert-OH is 1. The van der Waals surface area contributed by atoms with Gasteiger partial charge < -0.3 is 10.0 Å². The molecule has 1 unspecified atom stereocenters. The molecular formula is C13H16F3NO. The lowest BCUT2D eigenvalue weighted by Crippen LogP contribution is -2.42. The van der Waals surface area contributed by atoms with E-state index in [1.807, 2.05) is 4.90 Å². The number of alkyl halides is 3. The highest BCUT2D eigenvalue weighted by Crippen LogP contribution is 2.33. The third kappa shape index (κ3) is 2.77. The van der Waals surface area contributed by atoms with Gasteiger partial charge in [0.25, 0.3) is 0 Å². The van der Waals surface area contributed by atoms with Crippen LogP contribution in [0.25, 0.3) is 0 Å². The van der Waals surface area contributed by atoms with Crippen molar-refractivity contribution in [3.8, 4) is 0 Å². The van der Waals surface area contributed by atoms with Crippen molar-refractivity contribution in [2.45, 2.75) is 31.5 Å². The number of aliphatic hydroxyl groups is 1. The lowest BCUT2D eigenvalue weighted by Gasteiger charge is -2.36. The van der Waals surface area contributed by atoms with E-state index in [1.54, 1.807) is 6.07 Å². The van der Waals surface area contributed by atoms with Crippen molar-refractivity contribution in [1.82, 2.24) is 0 Å². The monoisotopic (exact) mass is 259 g/mol. The average molecular weight is 259 g/mol. The minimum absolute atomic E-state index is 0.0176. The third-order valence-corrected chi connectivity index (χ3v) is 3.34. The molecule has 1 aromatic rings. The first-order valence-electron chi connectivity index (χ1n) is 6.07. The SMILES string of the molecule is OCC1CCCCN1c1cccc(C(F)(F)F)c1. The number of nitrogens with zero attached hydrogens (tertiary/aromatic N) is 1. The number of hydrogen-bond acceptors (Lipinski definition) is 2. The molecule has 0 spiro atoms. The van der Waals surface area contributed by atoms with Gasteiger partial charge in [0.1, 0.15) is 0 Å². The molecule has 18 heavy (non-hydrogen) atoms. The molecule has 1 aliphatic heterocycles. The maximum atomic E-state index is 12.6. The summed E-state index contributed by atoms with van der Waals surface area (Å²) in [7, 11) is 0. The van der Waals surface area contributed by atoms with E-state index in [4.69, 9.17) is 0 Å². The topological polar surface area (TPSA) is 23.5 Å². The summed E-state index contributed by atoms with van der Waals surface area (Å²) in [6, 6.07) is 5.25. The zero-order valence-corrected chi connectivity index (χ0v) is 9.95. The molecule has 0 aliphatic carbocycles. The first-order valence-corrected chi connectivity index (χ1v) is 6.07. The van der Waals surface area contributed by atoms with Crippen LogP contribution < -0.4 is 4.90 Å². The molecule has 2 nitrogen and oxygen atoms in total. The predicted octanol–water partition coefficient (Wildman–Crippen LogP) is 3.06. The molecular weight excluding hydrogens is 243 g/mol. The van der Waals surface area contributed by atoms with Gasteiger partial charge in [-0.05, 0) is 37.5 Å². The molecule has 0 saturated carbocycles. The average Bonchev–Trinajstić information content (AvgIpc) is 2.38. The zero-order valence-electron chi connectivity index (χ0n) is 9.95. The molecule has 1 aliphatic rings. The van der Waals surface area contributed by atoms with E-state index in [0.717, 1.165) is 31.4 Å². The predicted molar refractivity (Wildman–Crippen MR) is 63.5 cm³/mol. The van der Waals surface area contributed by atoms with Crippen molar-refractivity contribution < 1.29 is 18.3 Å². The van der Waals surface area contributed by atoms with Crippen LogP contribution in [0.15, 0.2) is 24.3 Å². The largest absolute Gasteiger partial charge is 0.416 e. The molecule has 0 aromatic heterocycles. The van der Waals surface area contributed by atoms with Crippen molar-refractivity contribution in [3.63, 3.8) is 0 Å². The zero-order chi connectivity index (χ0) is 13.2. The Balaban J connectivity index is 2.27. The van der Waals surface area contributed by atoms with Crippen LogP contribution in [0.3, 0.4) is 0 Å². The minimum Gasteiger partial charge on any atom is -0.394 e. The number of rotatable bonds is 2. The number of piperidine rings is 1. The van der Waals surface area contributed by atoms with Gasteiger partial charge in [-0.3, -0.25) is 0 Å². The fourth-order valence-corrected chi connectivity index (χ4v) is 2.39. The Hall–Kier alpha value is -1.23. The van der Waals surface area contributed by atoms with Crippen LogP contribution in [0.5, 0.6) is 0 Å². The minimum atomic E-state index is -4.32. The molecule has 1 heterocycles. The lowest BCUT2D eigenvalue weighted by molar-refractivity contribution is -0.137. The molecule has 1 atom stereocenters. The third-order valence-electron chi connectivity index (χ3n) is 3.34. The molecule has 0 bridgehead atoms. The Morgan fingerprint density at radius 3 is 2.72 bits per heavy atom. The van der Waals surface area contributed by atoms with Crippen LogP contribution in [-0.4, -0.2) is 24.3 Å². The van der Waals surface area contributed by atoms with Crippen molar-refractivity contribution in [1.29, 1.82) is 0 Å². The van der Waals surface area contributed by atoms with E-state index in [1.165, 1.54) is 6.07 Å². The van der Waals surface area contributed by atoms with Crippen LogP contribution in [0.1, 0.15) is 24.8 Å². The molecule has 2 rings (SSSR count). The van der Waals surface area contributed by atoms with Gasteiger partial charge >= 0.3 is 6.18 Å². The fraction of sp³-hybridized carbons (Fsp3) is 0.538. The normalized spacial score (nSPS) is 21.1. The Labute approximate surface area is 104 Å². The molecule has 0 radical (unpaired) electrons. The van der Waals surface area contributed by atoms with Crippen molar-refractivity contribution >= 4 is 5.69 Å². The van der Waals surface area contributed by atoms with E-state index in [-0.39, 0.29) is 12.6 Å². The molecule has 1 aromatic carbocycles. The second-order valence-electron chi connectivity index (χ2n) is 4.57. The number of benzene rings is 1. The number of halogens is 3. The molecule has 1 N–H and O–H groups in total. The molecule has 0 amide bonds. The summed E-state index contributed by atoms with van der Waals surface area (Å²) >= 11 is 0. The molecule has 1 saturated heterocycles. The summed E-state index contributed by atoms with van der Waals surface area (Å²) in [4.78, 5) is 1.87. The van der Waals surface area contributed by atoms with Crippen molar-refractivity contribution in [2.75, 3.05) is 18.1 Å². The highest BCUT2D eigenvalue weighted by atomic mass is 19.4. The lowest BCUT2D eigenvalue weighted by atomic mass is 10.0. The van der Waals surface area contributed by atoms with E-state index in [9.17, 15) is 18.3 Å². The van der Waals surface area contributed by atoms with E-state index in [0.29, 0.717) is 12.2 Å². The van der Waals surface area contributed by atoms with Crippen LogP contribution in [0.4, 0.5) is 18.9 Å². The van der Waals surface area contributed by atoms with Crippen LogP contribution in [-0.2, 0) is 6.18 Å². The van der Waals surface area contributed by atoms with Gasteiger partial charge in [0.05, 0.1) is 18.2 Å². The van der Waals surface area contributed by atoms with Gasteiger partial charge in [-0.15, -0.1) is 0 Å². The van der Waals surface area contributed by atoms with Crippen LogP contribution in [0, 0.1) is 0 Å². The van der Waals surface area contributed by atoms with Gasteiger partial charge in [0.2, 0.25) is 0 Å². The fourth-order valence-electron chi connectivity index (χ4n) is 2.39. The second-order valence-corrected chi connectivity index (χ2v) is 4.57. The summed E-state index contributed by atoms with van der Waals surface area (Å²) in [5.41, 5.74) is -0.0918. The van der Waals surface area contributed by atoms with Gasteiger partial charge in [-0.1, -0.05) is 6.07 Å². The molecule has 1 fully saturated rings. The number of hydrogen-bond donors (Lipinski definition) is 1. The Bertz CT molecular complexity index is 405. The first-order chi connectivity index (χ1) is 8.52. The van der Waals surface area contributed by atoms with Gasteiger partial charge in [-0.25, -0.2) is 0 Å². The summed E-state index contributed by atoms with van der Waals surface area (Å²) in [5, 5.41) is 9.29. The Kier molecular flexibility index (Phi) is 3.80. The number of anilines is 1. The van der Waals surface area contributed by atoms with Crippen LogP contribution in [0.2, 0.25) is 0 Å². The summed E-state index contributed by atoms with van der Waals surface area (Å²) in [6.07, 6.45) is -1.53. The summed E-state index contributed by atoms with van der Waals surface area (Å²) in [5.74, 6) is 0. The maximum Gasteiger partial charge on any atom is 0.416 e. The van der Waals surface area contributed by atoms with E-state index < -0.39 is 11.7 Å². The Morgan fingerprint density at radius 2 is 2.06 bits per heavy atom. The smallest absolute Gasteiger partial charge is 0.394 e. The highest BCUT2D eigenvalue weighted by molar-refractivity contribution is 5.50. The summed E-state index contributed by atoms with van der Waals surface area (Å²) < 4.78 is 37.9. The quantitative estimate of drug-likeness (QED) is 0.882. The van der Waals surface area contributed by atoms with Gasteiger partial charge in [0, 0.05) is 12.2 Å². The second kappa shape index (κ2) is 5.18. The standard InChI is InChI=1S/C13H16F3NO/c14-13(15,16)10-4-3-6-11(8-10)17-7-2-1-5-12(17)9-18/h3-4,6,8,12,18H,1-2,5,7,9H2.